The Hall–Kier alpha value is -2.99. The van der Waals surface area contributed by atoms with E-state index in [1.807, 2.05) is 44.6 Å². The van der Waals surface area contributed by atoms with Gasteiger partial charge in [-0.25, -0.2) is 4.98 Å². The van der Waals surface area contributed by atoms with Crippen molar-refractivity contribution in [1.82, 2.24) is 20.2 Å². The summed E-state index contributed by atoms with van der Waals surface area (Å²) in [5.41, 5.74) is 3.66. The Balaban J connectivity index is 1.30. The van der Waals surface area contributed by atoms with Crippen molar-refractivity contribution in [1.29, 1.82) is 0 Å². The molecule has 4 rings (SSSR count). The third-order valence-corrected chi connectivity index (χ3v) is 5.89. The first kappa shape index (κ1) is 21.2. The average molecular weight is 437 g/mol. The maximum atomic E-state index is 6.15. The van der Waals surface area contributed by atoms with Crippen molar-refractivity contribution in [3.05, 3.63) is 82.9 Å². The Morgan fingerprint density at radius 3 is 2.81 bits per heavy atom. The van der Waals surface area contributed by atoms with Gasteiger partial charge in [0.1, 0.15) is 5.82 Å². The summed E-state index contributed by atoms with van der Waals surface area (Å²) in [6.07, 6.45) is 4.92. The van der Waals surface area contributed by atoms with Gasteiger partial charge >= 0.3 is 0 Å². The van der Waals surface area contributed by atoms with E-state index in [0.29, 0.717) is 6.04 Å². The van der Waals surface area contributed by atoms with Crippen molar-refractivity contribution in [3.8, 4) is 0 Å². The summed E-state index contributed by atoms with van der Waals surface area (Å²) in [5.74, 6) is 1.85. The number of imidazole rings is 1. The summed E-state index contributed by atoms with van der Waals surface area (Å²) < 4.78 is 2.15. The number of aliphatic imine (C=N–C) groups is 1. The monoisotopic (exact) mass is 436 g/mol. The Labute approximate surface area is 189 Å². The number of halogens is 1. The zero-order chi connectivity index (χ0) is 21.6. The number of aromatic nitrogens is 2. The van der Waals surface area contributed by atoms with Crippen LogP contribution in [0.3, 0.4) is 0 Å². The molecule has 6 nitrogen and oxygen atoms in total. The van der Waals surface area contributed by atoms with Crippen LogP contribution >= 0.6 is 11.6 Å². The molecule has 1 aliphatic rings. The first-order chi connectivity index (χ1) is 15.1. The van der Waals surface area contributed by atoms with Gasteiger partial charge in [-0.05, 0) is 42.7 Å². The molecule has 1 saturated heterocycles. The highest BCUT2D eigenvalue weighted by Gasteiger charge is 2.23. The summed E-state index contributed by atoms with van der Waals surface area (Å²) in [6, 6.07) is 17.0. The molecule has 1 fully saturated rings. The molecule has 0 spiro atoms. The predicted molar refractivity (Wildman–Crippen MR) is 128 cm³/mol. The highest BCUT2D eigenvalue weighted by Crippen LogP contribution is 2.23. The second kappa shape index (κ2) is 9.88. The van der Waals surface area contributed by atoms with Crippen LogP contribution in [0, 0.1) is 6.92 Å². The van der Waals surface area contributed by atoms with Crippen LogP contribution < -0.4 is 15.5 Å². The lowest BCUT2D eigenvalue weighted by Crippen LogP contribution is -2.44. The van der Waals surface area contributed by atoms with Crippen molar-refractivity contribution in [3.63, 3.8) is 0 Å². The summed E-state index contributed by atoms with van der Waals surface area (Å²) in [5, 5.41) is 7.79. The number of benzene rings is 2. The van der Waals surface area contributed by atoms with Gasteiger partial charge in [-0.1, -0.05) is 41.9 Å². The van der Waals surface area contributed by atoms with Crippen LogP contribution in [0.5, 0.6) is 0 Å². The highest BCUT2D eigenvalue weighted by atomic mass is 35.5. The van der Waals surface area contributed by atoms with E-state index >= 15 is 0 Å². The maximum absolute atomic E-state index is 6.15. The topological polar surface area (TPSA) is 57.5 Å². The maximum Gasteiger partial charge on any atom is 0.191 e. The van der Waals surface area contributed by atoms with Gasteiger partial charge in [0, 0.05) is 62.4 Å². The normalized spacial score (nSPS) is 16.5. The second-order valence-corrected chi connectivity index (χ2v) is 8.34. The molecule has 0 bridgehead atoms. The standard InChI is InChI=1S/C24H29ClN6/c1-18-27-10-12-30(18)16-20-6-3-5-19(13-20)15-28-24(26-2)29-22-9-11-31(17-22)23-8-4-7-21(25)14-23/h3-8,10,12-14,22H,9,11,15-17H2,1-2H3,(H2,26,28,29). The first-order valence-electron chi connectivity index (χ1n) is 10.6. The van der Waals surface area contributed by atoms with Gasteiger partial charge in [-0.2, -0.15) is 0 Å². The number of hydrogen-bond donors (Lipinski definition) is 2. The molecule has 31 heavy (non-hydrogen) atoms. The van der Waals surface area contributed by atoms with Crippen LogP contribution in [-0.2, 0) is 13.1 Å². The highest BCUT2D eigenvalue weighted by molar-refractivity contribution is 6.30. The van der Waals surface area contributed by atoms with Crippen LogP contribution in [0.4, 0.5) is 5.69 Å². The Morgan fingerprint density at radius 1 is 1.19 bits per heavy atom. The second-order valence-electron chi connectivity index (χ2n) is 7.90. The zero-order valence-electron chi connectivity index (χ0n) is 18.1. The number of rotatable bonds is 6. The van der Waals surface area contributed by atoms with Crippen LogP contribution in [-0.4, -0.2) is 41.7 Å². The molecule has 0 radical (unpaired) electrons. The minimum atomic E-state index is 0.348. The molecule has 2 heterocycles. The van der Waals surface area contributed by atoms with Gasteiger partial charge in [-0.15, -0.1) is 0 Å². The van der Waals surface area contributed by atoms with Gasteiger partial charge in [0.25, 0.3) is 0 Å². The SMILES string of the molecule is CN=C(NCc1cccc(Cn2ccnc2C)c1)NC1CCN(c2cccc(Cl)c2)C1. The number of guanidine groups is 1. The Kier molecular flexibility index (Phi) is 6.77. The van der Waals surface area contributed by atoms with E-state index in [2.05, 4.69) is 60.4 Å². The van der Waals surface area contributed by atoms with Crippen LogP contribution in [0.15, 0.2) is 65.9 Å². The molecular weight excluding hydrogens is 408 g/mol. The van der Waals surface area contributed by atoms with Gasteiger partial charge in [-0.3, -0.25) is 4.99 Å². The van der Waals surface area contributed by atoms with Crippen LogP contribution in [0.25, 0.3) is 0 Å². The number of hydrogen-bond acceptors (Lipinski definition) is 3. The third-order valence-electron chi connectivity index (χ3n) is 5.65. The number of anilines is 1. The molecule has 162 valence electrons. The van der Waals surface area contributed by atoms with Crippen molar-refractivity contribution in [2.24, 2.45) is 4.99 Å². The van der Waals surface area contributed by atoms with Gasteiger partial charge in [0.05, 0.1) is 0 Å². The smallest absolute Gasteiger partial charge is 0.191 e. The molecule has 1 aromatic heterocycles. The molecule has 2 N–H and O–H groups in total. The fraction of sp³-hybridized carbons (Fsp3) is 0.333. The molecular formula is C24H29ClN6. The molecule has 1 unspecified atom stereocenters. The third kappa shape index (κ3) is 5.58. The zero-order valence-corrected chi connectivity index (χ0v) is 18.8. The molecule has 0 aliphatic carbocycles. The molecule has 1 atom stereocenters. The average Bonchev–Trinajstić information content (AvgIpc) is 3.40. The minimum Gasteiger partial charge on any atom is -0.369 e. The molecule has 0 amide bonds. The lowest BCUT2D eigenvalue weighted by molar-refractivity contribution is 0.648. The van der Waals surface area contributed by atoms with Crippen molar-refractivity contribution in [2.75, 3.05) is 25.0 Å². The predicted octanol–water partition coefficient (Wildman–Crippen LogP) is 3.84. The number of nitrogens with one attached hydrogen (secondary N) is 2. The van der Waals surface area contributed by atoms with Gasteiger partial charge in [0.2, 0.25) is 0 Å². The van der Waals surface area contributed by atoms with E-state index in [1.54, 1.807) is 0 Å². The Bertz CT molecular complexity index is 1040. The number of nitrogens with zero attached hydrogens (tertiary/aromatic N) is 4. The van der Waals surface area contributed by atoms with E-state index in [-0.39, 0.29) is 0 Å². The quantitative estimate of drug-likeness (QED) is 0.455. The van der Waals surface area contributed by atoms with E-state index in [0.717, 1.165) is 49.4 Å². The van der Waals surface area contributed by atoms with E-state index < -0.39 is 0 Å². The Morgan fingerprint density at radius 2 is 2.03 bits per heavy atom. The molecule has 1 aliphatic heterocycles. The summed E-state index contributed by atoms with van der Waals surface area (Å²) >= 11 is 6.15. The molecule has 2 aromatic carbocycles. The fourth-order valence-corrected chi connectivity index (χ4v) is 4.15. The lowest BCUT2D eigenvalue weighted by atomic mass is 10.1. The van der Waals surface area contributed by atoms with Crippen molar-refractivity contribution >= 4 is 23.2 Å². The number of aryl methyl sites for hydroxylation is 1. The minimum absolute atomic E-state index is 0.348. The first-order valence-corrected chi connectivity index (χ1v) is 11.0. The van der Waals surface area contributed by atoms with E-state index in [1.165, 1.54) is 16.8 Å². The summed E-state index contributed by atoms with van der Waals surface area (Å²) in [7, 11) is 1.82. The van der Waals surface area contributed by atoms with E-state index in [9.17, 15) is 0 Å². The van der Waals surface area contributed by atoms with Crippen LogP contribution in [0.2, 0.25) is 5.02 Å². The fourth-order valence-electron chi connectivity index (χ4n) is 3.96. The van der Waals surface area contributed by atoms with Crippen molar-refractivity contribution < 1.29 is 0 Å². The molecule has 7 heteroatoms. The lowest BCUT2D eigenvalue weighted by Gasteiger charge is -2.20. The molecule has 3 aromatic rings. The molecule has 0 saturated carbocycles. The van der Waals surface area contributed by atoms with E-state index in [4.69, 9.17) is 11.6 Å². The van der Waals surface area contributed by atoms with Gasteiger partial charge in [0.15, 0.2) is 5.96 Å². The van der Waals surface area contributed by atoms with Crippen LogP contribution in [0.1, 0.15) is 23.4 Å². The summed E-state index contributed by atoms with van der Waals surface area (Å²) in [4.78, 5) is 11.1. The van der Waals surface area contributed by atoms with Crippen molar-refractivity contribution in [2.45, 2.75) is 32.5 Å². The largest absolute Gasteiger partial charge is 0.369 e. The summed E-state index contributed by atoms with van der Waals surface area (Å²) in [6.45, 7) is 5.51. The van der Waals surface area contributed by atoms with Gasteiger partial charge < -0.3 is 20.1 Å².